The Morgan fingerprint density at radius 3 is 2.53 bits per heavy atom. The van der Waals surface area contributed by atoms with Crippen molar-refractivity contribution in [1.29, 1.82) is 0 Å². The van der Waals surface area contributed by atoms with E-state index < -0.39 is 5.60 Å². The van der Waals surface area contributed by atoms with Crippen LogP contribution in [0.15, 0.2) is 28.7 Å². The van der Waals surface area contributed by atoms with E-state index >= 15 is 0 Å². The van der Waals surface area contributed by atoms with Crippen LogP contribution in [0, 0.1) is 0 Å². The van der Waals surface area contributed by atoms with Gasteiger partial charge in [-0.15, -0.1) is 0 Å². The van der Waals surface area contributed by atoms with Crippen LogP contribution >= 0.6 is 15.9 Å². The molecule has 1 fully saturated rings. The van der Waals surface area contributed by atoms with Gasteiger partial charge in [-0.2, -0.15) is 0 Å². The third kappa shape index (κ3) is 3.96. The molecule has 0 spiro atoms. The summed E-state index contributed by atoms with van der Waals surface area (Å²) < 4.78 is 6.40. The number of hydrogen-bond acceptors (Lipinski definition) is 2. The molecule has 4 heteroatoms. The van der Waals surface area contributed by atoms with Crippen LogP contribution in [0.4, 0.5) is 4.79 Å². The summed E-state index contributed by atoms with van der Waals surface area (Å²) in [4.78, 5) is 11.6. The predicted molar refractivity (Wildman–Crippen MR) is 79.3 cm³/mol. The molecule has 0 bridgehead atoms. The van der Waals surface area contributed by atoms with E-state index in [1.54, 1.807) is 0 Å². The fourth-order valence-electron chi connectivity index (χ4n) is 2.27. The average Bonchev–Trinajstić information content (AvgIpc) is 2.22. The van der Waals surface area contributed by atoms with Gasteiger partial charge in [-0.05, 0) is 51.2 Å². The van der Waals surface area contributed by atoms with E-state index in [4.69, 9.17) is 4.74 Å². The van der Waals surface area contributed by atoms with Gasteiger partial charge in [0.2, 0.25) is 0 Å². The third-order valence-electron chi connectivity index (χ3n) is 3.20. The summed E-state index contributed by atoms with van der Waals surface area (Å²) in [6.07, 6.45) is 1.63. The number of carbonyl (C=O) groups is 1. The lowest BCUT2D eigenvalue weighted by Gasteiger charge is -2.37. The smallest absolute Gasteiger partial charge is 0.407 e. The Kier molecular flexibility index (Phi) is 4.19. The fourth-order valence-corrected chi connectivity index (χ4v) is 2.88. The van der Waals surface area contributed by atoms with E-state index in [0.717, 1.165) is 17.3 Å². The molecule has 1 N–H and O–H groups in total. The van der Waals surface area contributed by atoms with Crippen LogP contribution in [0.5, 0.6) is 0 Å². The number of hydrogen-bond donors (Lipinski definition) is 1. The summed E-state index contributed by atoms with van der Waals surface area (Å²) in [6, 6.07) is 8.49. The molecule has 19 heavy (non-hydrogen) atoms. The van der Waals surface area contributed by atoms with Gasteiger partial charge >= 0.3 is 6.09 Å². The highest BCUT2D eigenvalue weighted by molar-refractivity contribution is 9.10. The monoisotopic (exact) mass is 325 g/mol. The zero-order chi connectivity index (χ0) is 14.0. The van der Waals surface area contributed by atoms with Crippen LogP contribution in [-0.2, 0) is 4.74 Å². The molecule has 1 aliphatic carbocycles. The molecule has 104 valence electrons. The van der Waals surface area contributed by atoms with Gasteiger partial charge in [0.05, 0.1) is 0 Å². The van der Waals surface area contributed by atoms with Gasteiger partial charge in [0.25, 0.3) is 0 Å². The summed E-state index contributed by atoms with van der Waals surface area (Å²) in [5.74, 6) is 0.524. The maximum atomic E-state index is 11.6. The average molecular weight is 326 g/mol. The van der Waals surface area contributed by atoms with Crippen molar-refractivity contribution in [2.75, 3.05) is 0 Å². The Balaban J connectivity index is 1.81. The van der Waals surface area contributed by atoms with Crippen molar-refractivity contribution < 1.29 is 9.53 Å². The molecule has 2 rings (SSSR count). The number of alkyl carbamates (subject to hydrolysis) is 1. The van der Waals surface area contributed by atoms with E-state index in [-0.39, 0.29) is 12.1 Å². The molecule has 0 unspecified atom stereocenters. The van der Waals surface area contributed by atoms with Crippen molar-refractivity contribution >= 4 is 22.0 Å². The number of benzene rings is 1. The van der Waals surface area contributed by atoms with Crippen LogP contribution < -0.4 is 5.32 Å². The van der Waals surface area contributed by atoms with E-state index in [9.17, 15) is 4.79 Å². The minimum absolute atomic E-state index is 0.229. The Bertz CT molecular complexity index is 461. The maximum absolute atomic E-state index is 11.6. The summed E-state index contributed by atoms with van der Waals surface area (Å²) in [5, 5.41) is 2.92. The Hall–Kier alpha value is -1.03. The van der Waals surface area contributed by atoms with Crippen molar-refractivity contribution in [1.82, 2.24) is 5.32 Å². The van der Waals surface area contributed by atoms with E-state index in [0.29, 0.717) is 5.92 Å². The van der Waals surface area contributed by atoms with Crippen LogP contribution in [-0.4, -0.2) is 17.7 Å². The Labute approximate surface area is 122 Å². The first-order valence-corrected chi connectivity index (χ1v) is 7.38. The molecule has 0 saturated heterocycles. The largest absolute Gasteiger partial charge is 0.444 e. The molecular weight excluding hydrogens is 306 g/mol. The van der Waals surface area contributed by atoms with Crippen molar-refractivity contribution in [2.45, 2.75) is 51.2 Å². The highest BCUT2D eigenvalue weighted by atomic mass is 79.9. The lowest BCUT2D eigenvalue weighted by molar-refractivity contribution is 0.0471. The quantitative estimate of drug-likeness (QED) is 0.884. The molecule has 0 heterocycles. The number of ether oxygens (including phenoxy) is 1. The molecule has 0 atom stereocenters. The zero-order valence-corrected chi connectivity index (χ0v) is 13.2. The van der Waals surface area contributed by atoms with E-state index in [1.165, 1.54) is 5.56 Å². The molecule has 3 nitrogen and oxygen atoms in total. The first-order chi connectivity index (χ1) is 8.85. The second-order valence-corrected chi connectivity index (χ2v) is 6.89. The normalized spacial score (nSPS) is 22.5. The number of rotatable bonds is 2. The Morgan fingerprint density at radius 1 is 1.32 bits per heavy atom. The second kappa shape index (κ2) is 5.53. The SMILES string of the molecule is CC(C)(C)OC(=O)NC1CC(c2ccccc2Br)C1. The van der Waals surface area contributed by atoms with E-state index in [1.807, 2.05) is 26.8 Å². The minimum atomic E-state index is -0.435. The van der Waals surface area contributed by atoms with Crippen LogP contribution in [0.3, 0.4) is 0 Å². The number of amides is 1. The summed E-state index contributed by atoms with van der Waals surface area (Å²) >= 11 is 3.57. The lowest BCUT2D eigenvalue weighted by atomic mass is 9.76. The summed E-state index contributed by atoms with van der Waals surface area (Å²) in [6.45, 7) is 5.62. The molecule has 1 amide bonds. The van der Waals surface area contributed by atoms with Gasteiger partial charge in [0.1, 0.15) is 5.60 Å². The predicted octanol–water partition coefficient (Wildman–Crippen LogP) is 4.22. The van der Waals surface area contributed by atoms with Crippen molar-refractivity contribution in [3.63, 3.8) is 0 Å². The second-order valence-electron chi connectivity index (χ2n) is 6.03. The molecule has 1 aliphatic rings. The van der Waals surface area contributed by atoms with Crippen LogP contribution in [0.2, 0.25) is 0 Å². The van der Waals surface area contributed by atoms with Crippen molar-refractivity contribution in [3.05, 3.63) is 34.3 Å². The van der Waals surface area contributed by atoms with Gasteiger partial charge in [-0.3, -0.25) is 0 Å². The van der Waals surface area contributed by atoms with Crippen molar-refractivity contribution in [2.24, 2.45) is 0 Å². The standard InChI is InChI=1S/C15H20BrNO2/c1-15(2,3)19-14(18)17-11-8-10(9-11)12-6-4-5-7-13(12)16/h4-7,10-11H,8-9H2,1-3H3,(H,17,18). The highest BCUT2D eigenvalue weighted by Gasteiger charge is 2.33. The number of halogens is 1. The fraction of sp³-hybridized carbons (Fsp3) is 0.533. The van der Waals surface area contributed by atoms with Gasteiger partial charge < -0.3 is 10.1 Å². The third-order valence-corrected chi connectivity index (χ3v) is 3.93. The topological polar surface area (TPSA) is 38.3 Å². The van der Waals surface area contributed by atoms with E-state index in [2.05, 4.69) is 39.4 Å². The molecule has 0 radical (unpaired) electrons. The number of carbonyl (C=O) groups excluding carboxylic acids is 1. The van der Waals surface area contributed by atoms with Crippen LogP contribution in [0.25, 0.3) is 0 Å². The van der Waals surface area contributed by atoms with Gasteiger partial charge in [-0.1, -0.05) is 34.1 Å². The Morgan fingerprint density at radius 2 is 1.95 bits per heavy atom. The van der Waals surface area contributed by atoms with Crippen molar-refractivity contribution in [3.8, 4) is 0 Å². The lowest BCUT2D eigenvalue weighted by Crippen LogP contribution is -2.45. The maximum Gasteiger partial charge on any atom is 0.407 e. The molecule has 1 aromatic carbocycles. The summed E-state index contributed by atoms with van der Waals surface area (Å²) in [5.41, 5.74) is 0.889. The number of nitrogens with one attached hydrogen (secondary N) is 1. The first kappa shape index (κ1) is 14.4. The summed E-state index contributed by atoms with van der Waals surface area (Å²) in [7, 11) is 0. The molecule has 0 aliphatic heterocycles. The molecule has 1 aromatic rings. The first-order valence-electron chi connectivity index (χ1n) is 6.59. The molecule has 0 aromatic heterocycles. The zero-order valence-electron chi connectivity index (χ0n) is 11.6. The van der Waals surface area contributed by atoms with Crippen LogP contribution in [0.1, 0.15) is 45.1 Å². The van der Waals surface area contributed by atoms with Gasteiger partial charge in [0, 0.05) is 10.5 Å². The minimum Gasteiger partial charge on any atom is -0.444 e. The molecular formula is C15H20BrNO2. The highest BCUT2D eigenvalue weighted by Crippen LogP contribution is 2.40. The molecule has 1 saturated carbocycles. The van der Waals surface area contributed by atoms with Gasteiger partial charge in [0.15, 0.2) is 0 Å². The van der Waals surface area contributed by atoms with Gasteiger partial charge in [-0.25, -0.2) is 4.79 Å².